The third-order valence-corrected chi connectivity index (χ3v) is 4.72. The first kappa shape index (κ1) is 22.0. The minimum Gasteiger partial charge on any atom is -0.495 e. The second-order valence-corrected chi connectivity index (χ2v) is 7.22. The lowest BCUT2D eigenvalue weighted by Gasteiger charge is -2.22. The van der Waals surface area contributed by atoms with Crippen molar-refractivity contribution in [3.8, 4) is 11.6 Å². The summed E-state index contributed by atoms with van der Waals surface area (Å²) in [6, 6.07) is 12.6. The fourth-order valence-corrected chi connectivity index (χ4v) is 3.31. The molecular formula is C23H27N5O3. The number of carbonyl (C=O) groups excluding carboxylic acids is 2. The lowest BCUT2D eigenvalue weighted by molar-refractivity contribution is -0.116. The minimum absolute atomic E-state index is 0.0655. The van der Waals surface area contributed by atoms with E-state index in [-0.39, 0.29) is 18.4 Å². The zero-order valence-electron chi connectivity index (χ0n) is 18.3. The van der Waals surface area contributed by atoms with Crippen molar-refractivity contribution in [3.05, 3.63) is 65.6 Å². The van der Waals surface area contributed by atoms with E-state index in [1.807, 2.05) is 39.0 Å². The largest absolute Gasteiger partial charge is 0.495 e. The predicted octanol–water partition coefficient (Wildman–Crippen LogP) is 3.38. The van der Waals surface area contributed by atoms with E-state index in [1.54, 1.807) is 36.1 Å². The highest BCUT2D eigenvalue weighted by Gasteiger charge is 2.19. The van der Waals surface area contributed by atoms with Crippen molar-refractivity contribution < 1.29 is 14.3 Å². The van der Waals surface area contributed by atoms with Gasteiger partial charge in [0, 0.05) is 18.4 Å². The monoisotopic (exact) mass is 421 g/mol. The number of para-hydroxylation sites is 2. The first-order valence-corrected chi connectivity index (χ1v) is 10.1. The van der Waals surface area contributed by atoms with Gasteiger partial charge in [-0.3, -0.25) is 9.59 Å². The van der Waals surface area contributed by atoms with E-state index in [1.165, 1.54) is 11.1 Å². The summed E-state index contributed by atoms with van der Waals surface area (Å²) in [4.78, 5) is 31.5. The molecule has 0 aliphatic heterocycles. The predicted molar refractivity (Wildman–Crippen MR) is 119 cm³/mol. The summed E-state index contributed by atoms with van der Waals surface area (Å²) in [7, 11) is 1.54. The van der Waals surface area contributed by atoms with Crippen molar-refractivity contribution in [2.45, 2.75) is 27.2 Å². The average Bonchev–Trinajstić information content (AvgIpc) is 3.11. The number of carbonyl (C=O) groups is 2. The number of nitrogens with zero attached hydrogens (tertiary/aromatic N) is 4. The molecule has 0 radical (unpaired) electrons. The summed E-state index contributed by atoms with van der Waals surface area (Å²) in [6.45, 7) is 6.22. The Morgan fingerprint density at radius 2 is 1.94 bits per heavy atom. The number of nitrogens with one attached hydrogen (secondary N) is 1. The van der Waals surface area contributed by atoms with Gasteiger partial charge in [-0.1, -0.05) is 19.1 Å². The van der Waals surface area contributed by atoms with Crippen LogP contribution >= 0.6 is 0 Å². The Kier molecular flexibility index (Phi) is 7.02. The van der Waals surface area contributed by atoms with E-state index in [0.29, 0.717) is 29.4 Å². The summed E-state index contributed by atoms with van der Waals surface area (Å²) in [6.07, 6.45) is 2.25. The van der Waals surface area contributed by atoms with Crippen LogP contribution in [0.25, 0.3) is 5.82 Å². The maximum atomic E-state index is 13.0. The number of benzene rings is 1. The number of methoxy groups -OCH3 is 1. The SMILES string of the molecule is CCCN(CC(=O)Nc1ccccc1OC)C(=O)c1ccc(-n2nc(C)cc2C)nc1. The molecule has 8 heteroatoms. The number of aromatic nitrogens is 3. The van der Waals surface area contributed by atoms with Crippen molar-refractivity contribution in [2.75, 3.05) is 25.5 Å². The van der Waals surface area contributed by atoms with Crippen LogP contribution in [0.15, 0.2) is 48.7 Å². The summed E-state index contributed by atoms with van der Waals surface area (Å²) < 4.78 is 6.99. The number of hydrogen-bond acceptors (Lipinski definition) is 5. The molecule has 31 heavy (non-hydrogen) atoms. The number of aryl methyl sites for hydroxylation is 2. The number of pyridine rings is 1. The lowest BCUT2D eigenvalue weighted by atomic mass is 10.2. The summed E-state index contributed by atoms with van der Waals surface area (Å²) in [5.41, 5.74) is 2.85. The van der Waals surface area contributed by atoms with Gasteiger partial charge in [-0.15, -0.1) is 0 Å². The van der Waals surface area contributed by atoms with Crippen LogP contribution in [0.2, 0.25) is 0 Å². The Balaban J connectivity index is 1.72. The molecule has 0 saturated carbocycles. The smallest absolute Gasteiger partial charge is 0.255 e. The molecule has 0 fully saturated rings. The van der Waals surface area contributed by atoms with E-state index < -0.39 is 0 Å². The molecule has 3 aromatic rings. The highest BCUT2D eigenvalue weighted by atomic mass is 16.5. The van der Waals surface area contributed by atoms with Gasteiger partial charge < -0.3 is 15.0 Å². The van der Waals surface area contributed by atoms with Crippen molar-refractivity contribution in [1.29, 1.82) is 0 Å². The number of anilines is 1. The number of amides is 2. The van der Waals surface area contributed by atoms with Gasteiger partial charge in [-0.05, 0) is 50.6 Å². The molecule has 0 unspecified atom stereocenters. The molecule has 8 nitrogen and oxygen atoms in total. The summed E-state index contributed by atoms with van der Waals surface area (Å²) in [5.74, 6) is 0.661. The van der Waals surface area contributed by atoms with Crippen molar-refractivity contribution in [2.24, 2.45) is 0 Å². The average molecular weight is 422 g/mol. The molecular weight excluding hydrogens is 394 g/mol. The van der Waals surface area contributed by atoms with Crippen molar-refractivity contribution in [3.63, 3.8) is 0 Å². The highest BCUT2D eigenvalue weighted by Crippen LogP contribution is 2.23. The molecule has 0 atom stereocenters. The Morgan fingerprint density at radius 3 is 2.55 bits per heavy atom. The van der Waals surface area contributed by atoms with Crippen LogP contribution in [0, 0.1) is 13.8 Å². The normalized spacial score (nSPS) is 10.6. The van der Waals surface area contributed by atoms with Gasteiger partial charge in [0.1, 0.15) is 12.3 Å². The Hall–Kier alpha value is -3.68. The maximum Gasteiger partial charge on any atom is 0.255 e. The quantitative estimate of drug-likeness (QED) is 0.602. The molecule has 0 aliphatic rings. The molecule has 162 valence electrons. The van der Waals surface area contributed by atoms with Crippen LogP contribution < -0.4 is 10.1 Å². The van der Waals surface area contributed by atoms with Crippen LogP contribution in [-0.4, -0.2) is 51.7 Å². The van der Waals surface area contributed by atoms with Gasteiger partial charge in [0.2, 0.25) is 5.91 Å². The molecule has 2 heterocycles. The fourth-order valence-electron chi connectivity index (χ4n) is 3.31. The van der Waals surface area contributed by atoms with Gasteiger partial charge in [-0.25, -0.2) is 9.67 Å². The van der Waals surface area contributed by atoms with Gasteiger partial charge in [-0.2, -0.15) is 5.10 Å². The first-order chi connectivity index (χ1) is 14.9. The van der Waals surface area contributed by atoms with E-state index in [0.717, 1.165) is 17.8 Å². The Labute approximate surface area is 181 Å². The van der Waals surface area contributed by atoms with E-state index in [4.69, 9.17) is 4.74 Å². The maximum absolute atomic E-state index is 13.0. The van der Waals surface area contributed by atoms with Crippen LogP contribution in [0.4, 0.5) is 5.69 Å². The minimum atomic E-state index is -0.293. The molecule has 0 saturated heterocycles. The van der Waals surface area contributed by atoms with Crippen molar-refractivity contribution >= 4 is 17.5 Å². The van der Waals surface area contributed by atoms with E-state index in [9.17, 15) is 9.59 Å². The second-order valence-electron chi connectivity index (χ2n) is 7.22. The standard InChI is InChI=1S/C23H27N5O3/c1-5-12-27(15-22(29)25-19-8-6-7-9-20(19)31-4)23(30)18-10-11-21(24-14-18)28-17(3)13-16(2)26-28/h6-11,13-14H,5,12,15H2,1-4H3,(H,25,29). The Morgan fingerprint density at radius 1 is 1.16 bits per heavy atom. The molecule has 3 rings (SSSR count). The molecule has 2 aromatic heterocycles. The summed E-state index contributed by atoms with van der Waals surface area (Å²) >= 11 is 0. The number of hydrogen-bond donors (Lipinski definition) is 1. The fraction of sp³-hybridized carbons (Fsp3) is 0.304. The molecule has 1 aromatic carbocycles. The van der Waals surface area contributed by atoms with Gasteiger partial charge in [0.25, 0.3) is 5.91 Å². The van der Waals surface area contributed by atoms with Crippen molar-refractivity contribution in [1.82, 2.24) is 19.7 Å². The summed E-state index contributed by atoms with van der Waals surface area (Å²) in [5, 5.41) is 7.22. The molecule has 0 aliphatic carbocycles. The molecule has 2 amide bonds. The number of ether oxygens (including phenoxy) is 1. The third-order valence-electron chi connectivity index (χ3n) is 4.72. The van der Waals surface area contributed by atoms with E-state index in [2.05, 4.69) is 15.4 Å². The topological polar surface area (TPSA) is 89.4 Å². The van der Waals surface area contributed by atoms with Gasteiger partial charge in [0.05, 0.1) is 24.1 Å². The first-order valence-electron chi connectivity index (χ1n) is 10.1. The van der Waals surface area contributed by atoms with Gasteiger partial charge in [0.15, 0.2) is 5.82 Å². The second kappa shape index (κ2) is 9.88. The highest BCUT2D eigenvalue weighted by molar-refractivity contribution is 5.99. The molecule has 0 bridgehead atoms. The van der Waals surface area contributed by atoms with Crippen LogP contribution in [0.3, 0.4) is 0 Å². The molecule has 1 N–H and O–H groups in total. The zero-order valence-corrected chi connectivity index (χ0v) is 18.3. The van der Waals surface area contributed by atoms with Crippen LogP contribution in [-0.2, 0) is 4.79 Å². The van der Waals surface area contributed by atoms with Gasteiger partial charge >= 0.3 is 0 Å². The van der Waals surface area contributed by atoms with Crippen LogP contribution in [0.5, 0.6) is 5.75 Å². The zero-order chi connectivity index (χ0) is 22.4. The van der Waals surface area contributed by atoms with Crippen LogP contribution in [0.1, 0.15) is 35.1 Å². The Bertz CT molecular complexity index is 1060. The third kappa shape index (κ3) is 5.28. The number of rotatable bonds is 8. The molecule has 0 spiro atoms. The lowest BCUT2D eigenvalue weighted by Crippen LogP contribution is -2.38. The van der Waals surface area contributed by atoms with E-state index >= 15 is 0 Å².